The number of aromatic nitrogens is 1. The summed E-state index contributed by atoms with van der Waals surface area (Å²) in [6.07, 6.45) is 5.90. The van der Waals surface area contributed by atoms with Gasteiger partial charge in [-0.05, 0) is 30.2 Å². The number of benzene rings is 2. The van der Waals surface area contributed by atoms with Crippen molar-refractivity contribution in [3.05, 3.63) is 71.4 Å². The van der Waals surface area contributed by atoms with Crippen molar-refractivity contribution >= 4 is 29.1 Å². The molecule has 1 aromatic heterocycles. The third-order valence-corrected chi connectivity index (χ3v) is 4.51. The van der Waals surface area contributed by atoms with Crippen LogP contribution in [0.4, 0.5) is 0 Å². The lowest BCUT2D eigenvalue weighted by Crippen LogP contribution is -2.39. The molecule has 6 nitrogen and oxygen atoms in total. The number of H-pyrrole nitrogens is 1. The highest BCUT2D eigenvalue weighted by Gasteiger charge is 2.16. The largest absolute Gasteiger partial charge is 0.488 e. The Labute approximate surface area is 156 Å². The van der Waals surface area contributed by atoms with Crippen molar-refractivity contribution in [3.8, 4) is 5.75 Å². The second-order valence-electron chi connectivity index (χ2n) is 6.45. The summed E-state index contributed by atoms with van der Waals surface area (Å²) in [5, 5.41) is 5.10. The molecule has 0 spiro atoms. The van der Waals surface area contributed by atoms with E-state index in [0.29, 0.717) is 13.0 Å². The number of hydrogen-bond acceptors (Lipinski definition) is 4. The minimum Gasteiger partial charge on any atom is -0.488 e. The summed E-state index contributed by atoms with van der Waals surface area (Å²) in [5.41, 5.74) is 12.5. The van der Waals surface area contributed by atoms with Crippen LogP contribution in [-0.4, -0.2) is 29.8 Å². The molecule has 0 radical (unpaired) electrons. The number of ether oxygens (including phenoxy) is 1. The summed E-state index contributed by atoms with van der Waals surface area (Å²) in [6, 6.07) is 15.0. The minimum atomic E-state index is -0.682. The Bertz CT molecular complexity index is 1040. The summed E-state index contributed by atoms with van der Waals surface area (Å²) < 4.78 is 5.65. The number of carbonyl (C=O) groups excluding carboxylic acids is 1. The predicted octanol–water partition coefficient (Wildman–Crippen LogP) is 2.62. The summed E-state index contributed by atoms with van der Waals surface area (Å²) >= 11 is 0. The number of para-hydroxylation sites is 2. The third kappa shape index (κ3) is 3.75. The maximum atomic E-state index is 12.2. The third-order valence-electron chi connectivity index (χ3n) is 4.51. The van der Waals surface area contributed by atoms with Crippen LogP contribution in [0.25, 0.3) is 17.0 Å². The van der Waals surface area contributed by atoms with Crippen LogP contribution in [-0.2, 0) is 11.2 Å². The number of amides is 1. The average molecular weight is 360 g/mol. The lowest BCUT2D eigenvalue weighted by molar-refractivity contribution is -0.122. The zero-order valence-electron chi connectivity index (χ0n) is 14.7. The van der Waals surface area contributed by atoms with Crippen molar-refractivity contribution < 1.29 is 9.53 Å². The van der Waals surface area contributed by atoms with Gasteiger partial charge in [-0.1, -0.05) is 36.4 Å². The molecule has 0 saturated heterocycles. The van der Waals surface area contributed by atoms with Crippen LogP contribution in [0.15, 0.2) is 65.4 Å². The predicted molar refractivity (Wildman–Crippen MR) is 107 cm³/mol. The Morgan fingerprint density at radius 1 is 1.26 bits per heavy atom. The monoisotopic (exact) mass is 360 g/mol. The summed E-state index contributed by atoms with van der Waals surface area (Å²) in [5.74, 6) is 0.522. The van der Waals surface area contributed by atoms with E-state index in [2.05, 4.69) is 15.5 Å². The second-order valence-corrected chi connectivity index (χ2v) is 6.45. The van der Waals surface area contributed by atoms with Crippen molar-refractivity contribution in [1.82, 2.24) is 10.4 Å². The molecule has 4 N–H and O–H groups in total. The van der Waals surface area contributed by atoms with Crippen LogP contribution in [0.3, 0.4) is 0 Å². The van der Waals surface area contributed by atoms with Gasteiger partial charge in [0.25, 0.3) is 5.91 Å². The van der Waals surface area contributed by atoms with E-state index in [1.165, 1.54) is 0 Å². The van der Waals surface area contributed by atoms with Gasteiger partial charge in [0.1, 0.15) is 12.4 Å². The Morgan fingerprint density at radius 3 is 3.00 bits per heavy atom. The van der Waals surface area contributed by atoms with Crippen LogP contribution >= 0.6 is 0 Å². The van der Waals surface area contributed by atoms with Crippen LogP contribution in [0.2, 0.25) is 0 Å². The molecule has 3 aromatic rings. The van der Waals surface area contributed by atoms with E-state index >= 15 is 0 Å². The van der Waals surface area contributed by atoms with Gasteiger partial charge < -0.3 is 15.5 Å². The Morgan fingerprint density at radius 2 is 2.07 bits per heavy atom. The highest BCUT2D eigenvalue weighted by Crippen LogP contribution is 2.24. The van der Waals surface area contributed by atoms with Crippen molar-refractivity contribution in [2.75, 3.05) is 6.61 Å². The molecule has 2 aromatic carbocycles. The lowest BCUT2D eigenvalue weighted by atomic mass is 10.1. The molecule has 1 atom stereocenters. The van der Waals surface area contributed by atoms with Crippen molar-refractivity contribution in [2.24, 2.45) is 10.8 Å². The zero-order valence-corrected chi connectivity index (χ0v) is 14.7. The standard InChI is InChI=1S/C21H20N4O2/c22-18(10-16-12-23-19-7-3-2-6-17(16)19)21(26)25-24-11-14-9-15-5-1-4-8-20(15)27-13-14/h1-9,11-12,18,23H,10,13,22H2,(H,25,26). The Hall–Kier alpha value is -3.38. The van der Waals surface area contributed by atoms with Crippen molar-refractivity contribution in [2.45, 2.75) is 12.5 Å². The molecule has 4 rings (SSSR count). The number of rotatable bonds is 5. The second kappa shape index (κ2) is 7.47. The van der Waals surface area contributed by atoms with Gasteiger partial charge in [0.2, 0.25) is 0 Å². The molecular formula is C21H20N4O2. The first-order chi connectivity index (χ1) is 13.2. The number of carbonyl (C=O) groups is 1. The smallest absolute Gasteiger partial charge is 0.257 e. The van der Waals surface area contributed by atoms with E-state index in [1.54, 1.807) is 6.21 Å². The van der Waals surface area contributed by atoms with Crippen LogP contribution in [0.1, 0.15) is 11.1 Å². The van der Waals surface area contributed by atoms with Crippen molar-refractivity contribution in [1.29, 1.82) is 0 Å². The highest BCUT2D eigenvalue weighted by molar-refractivity contribution is 5.90. The maximum absolute atomic E-state index is 12.2. The molecule has 0 aliphatic carbocycles. The van der Waals surface area contributed by atoms with Gasteiger partial charge in [0.15, 0.2) is 0 Å². The SMILES string of the molecule is NC(Cc1c[nH]c2ccccc12)C(=O)NN=CC1=Cc2ccccc2OC1. The molecule has 0 saturated carbocycles. The summed E-state index contributed by atoms with van der Waals surface area (Å²) in [6.45, 7) is 0.414. The van der Waals surface area contributed by atoms with E-state index in [1.807, 2.05) is 60.8 Å². The van der Waals surface area contributed by atoms with Crippen LogP contribution in [0, 0.1) is 0 Å². The first kappa shape index (κ1) is 17.1. The van der Waals surface area contributed by atoms with Gasteiger partial charge in [-0.25, -0.2) is 5.43 Å². The maximum Gasteiger partial charge on any atom is 0.257 e. The topological polar surface area (TPSA) is 92.5 Å². The number of nitrogens with one attached hydrogen (secondary N) is 2. The fourth-order valence-corrected chi connectivity index (χ4v) is 3.10. The lowest BCUT2D eigenvalue weighted by Gasteiger charge is -2.15. The molecule has 0 fully saturated rings. The molecule has 0 bridgehead atoms. The quantitative estimate of drug-likeness (QED) is 0.482. The molecule has 1 aliphatic heterocycles. The first-order valence-corrected chi connectivity index (χ1v) is 8.76. The Balaban J connectivity index is 1.36. The Kier molecular flexibility index (Phi) is 4.72. The van der Waals surface area contributed by atoms with Crippen molar-refractivity contribution in [3.63, 3.8) is 0 Å². The van der Waals surface area contributed by atoms with Gasteiger partial charge in [0, 0.05) is 28.2 Å². The van der Waals surface area contributed by atoms with Gasteiger partial charge >= 0.3 is 0 Å². The molecule has 27 heavy (non-hydrogen) atoms. The van der Waals surface area contributed by atoms with E-state index in [-0.39, 0.29) is 5.91 Å². The number of nitrogens with zero attached hydrogens (tertiary/aromatic N) is 1. The van der Waals surface area contributed by atoms with Crippen LogP contribution < -0.4 is 15.9 Å². The van der Waals surface area contributed by atoms with Gasteiger partial charge in [0.05, 0.1) is 12.3 Å². The first-order valence-electron chi connectivity index (χ1n) is 8.76. The number of aromatic amines is 1. The number of fused-ring (bicyclic) bond motifs is 2. The van der Waals surface area contributed by atoms with E-state index in [9.17, 15) is 4.79 Å². The number of hydrazone groups is 1. The van der Waals surface area contributed by atoms with Crippen LogP contribution in [0.5, 0.6) is 5.75 Å². The molecule has 136 valence electrons. The summed E-state index contributed by atoms with van der Waals surface area (Å²) in [4.78, 5) is 15.4. The van der Waals surface area contributed by atoms with E-state index < -0.39 is 6.04 Å². The van der Waals surface area contributed by atoms with E-state index in [4.69, 9.17) is 10.5 Å². The van der Waals surface area contributed by atoms with Gasteiger partial charge in [-0.3, -0.25) is 4.79 Å². The van der Waals surface area contributed by atoms with Gasteiger partial charge in [-0.2, -0.15) is 5.10 Å². The normalized spacial score (nSPS) is 14.5. The zero-order chi connectivity index (χ0) is 18.6. The molecule has 2 heterocycles. The molecule has 1 unspecified atom stereocenters. The highest BCUT2D eigenvalue weighted by atomic mass is 16.5. The molecule has 1 amide bonds. The van der Waals surface area contributed by atoms with Gasteiger partial charge in [-0.15, -0.1) is 0 Å². The van der Waals surface area contributed by atoms with E-state index in [0.717, 1.165) is 33.4 Å². The molecular weight excluding hydrogens is 340 g/mol. The molecule has 1 aliphatic rings. The number of hydrogen-bond donors (Lipinski definition) is 3. The fourth-order valence-electron chi connectivity index (χ4n) is 3.10. The fraction of sp³-hybridized carbons (Fsp3) is 0.143. The average Bonchev–Trinajstić information content (AvgIpc) is 3.11. The molecule has 6 heteroatoms. The minimum absolute atomic E-state index is 0.325. The number of nitrogens with two attached hydrogens (primary N) is 1. The summed E-state index contributed by atoms with van der Waals surface area (Å²) in [7, 11) is 0.